The largest absolute Gasteiger partial charge is 0.434 e. The van der Waals surface area contributed by atoms with Gasteiger partial charge in [0.15, 0.2) is 11.7 Å². The number of alkyl halides is 3. The fourth-order valence-electron chi connectivity index (χ4n) is 3.70. The summed E-state index contributed by atoms with van der Waals surface area (Å²) >= 11 is 0.994. The Bertz CT molecular complexity index is 643. The van der Waals surface area contributed by atoms with Gasteiger partial charge in [0.2, 0.25) is 0 Å². The van der Waals surface area contributed by atoms with E-state index in [1.165, 1.54) is 12.8 Å². The maximum atomic E-state index is 12.7. The van der Waals surface area contributed by atoms with Crippen molar-refractivity contribution in [3.05, 3.63) is 16.1 Å². The zero-order valence-corrected chi connectivity index (χ0v) is 19.0. The number of aliphatic imine (C=N–C) groups is 1. The third-order valence-corrected chi connectivity index (χ3v) is 6.11. The Kier molecular flexibility index (Phi) is 8.77. The molecule has 0 aromatic carbocycles. The molecule has 0 spiro atoms. The minimum Gasteiger partial charge on any atom is -0.381 e. The van der Waals surface area contributed by atoms with Crippen LogP contribution < -0.4 is 10.6 Å². The van der Waals surface area contributed by atoms with Gasteiger partial charge in [0, 0.05) is 37.7 Å². The van der Waals surface area contributed by atoms with Gasteiger partial charge in [0.25, 0.3) is 0 Å². The Labute approximate surface area is 184 Å². The number of nitrogens with one attached hydrogen (secondary N) is 2. The number of halogens is 4. The molecule has 1 aromatic rings. The van der Waals surface area contributed by atoms with Gasteiger partial charge in [0.1, 0.15) is 5.01 Å². The molecule has 2 aliphatic heterocycles. The molecule has 2 fully saturated rings. The third kappa shape index (κ3) is 5.92. The van der Waals surface area contributed by atoms with Crippen molar-refractivity contribution in [2.45, 2.75) is 43.9 Å². The van der Waals surface area contributed by atoms with Crippen LogP contribution in [-0.2, 0) is 17.5 Å². The highest BCUT2D eigenvalue weighted by Crippen LogP contribution is 2.31. The zero-order valence-electron chi connectivity index (χ0n) is 15.8. The molecule has 2 N–H and O–H groups in total. The average molecular weight is 533 g/mol. The van der Waals surface area contributed by atoms with E-state index in [0.717, 1.165) is 62.4 Å². The number of guanidine groups is 1. The van der Waals surface area contributed by atoms with Gasteiger partial charge in [-0.3, -0.25) is 9.89 Å². The average Bonchev–Trinajstić information content (AvgIpc) is 3.34. The van der Waals surface area contributed by atoms with Crippen LogP contribution in [0.1, 0.15) is 36.4 Å². The molecule has 1 aromatic heterocycles. The SMILES string of the molecule is CN=C(NCc1nc(C(F)(F)F)cs1)NCC1(N2CCCC2)CCOCC1.I. The Morgan fingerprint density at radius 1 is 1.29 bits per heavy atom. The molecule has 11 heteroatoms. The van der Waals surface area contributed by atoms with Gasteiger partial charge in [0.05, 0.1) is 6.54 Å². The third-order valence-electron chi connectivity index (χ3n) is 5.26. The minimum absolute atomic E-state index is 0. The molecule has 0 radical (unpaired) electrons. The zero-order chi connectivity index (χ0) is 19.3. The molecule has 0 saturated carbocycles. The van der Waals surface area contributed by atoms with Crippen molar-refractivity contribution in [3.63, 3.8) is 0 Å². The van der Waals surface area contributed by atoms with Crippen LogP contribution in [0.5, 0.6) is 0 Å². The smallest absolute Gasteiger partial charge is 0.381 e. The van der Waals surface area contributed by atoms with Gasteiger partial charge in [-0.2, -0.15) is 13.2 Å². The summed E-state index contributed by atoms with van der Waals surface area (Å²) in [5.41, 5.74) is -0.792. The lowest BCUT2D eigenvalue weighted by Crippen LogP contribution is -2.58. The first kappa shape index (κ1) is 23.6. The van der Waals surface area contributed by atoms with E-state index in [0.29, 0.717) is 11.0 Å². The summed E-state index contributed by atoms with van der Waals surface area (Å²) < 4.78 is 43.5. The van der Waals surface area contributed by atoms with Gasteiger partial charge in [-0.25, -0.2) is 4.98 Å². The monoisotopic (exact) mass is 533 g/mol. The molecule has 0 amide bonds. The molecular weight excluding hydrogens is 506 g/mol. The highest BCUT2D eigenvalue weighted by molar-refractivity contribution is 14.0. The Hall–Kier alpha value is -0.660. The summed E-state index contributed by atoms with van der Waals surface area (Å²) in [5, 5.41) is 7.85. The van der Waals surface area contributed by atoms with Crippen LogP contribution in [0.2, 0.25) is 0 Å². The number of hydrogen-bond acceptors (Lipinski definition) is 5. The Balaban J connectivity index is 0.00000280. The van der Waals surface area contributed by atoms with E-state index < -0.39 is 11.9 Å². The maximum absolute atomic E-state index is 12.7. The molecule has 2 aliphatic rings. The fourth-order valence-corrected chi connectivity index (χ4v) is 4.44. The van der Waals surface area contributed by atoms with Crippen molar-refractivity contribution in [3.8, 4) is 0 Å². The van der Waals surface area contributed by atoms with E-state index in [4.69, 9.17) is 4.74 Å². The van der Waals surface area contributed by atoms with Crippen molar-refractivity contribution >= 4 is 41.3 Å². The molecule has 0 unspecified atom stereocenters. The number of thiazole rings is 1. The Morgan fingerprint density at radius 2 is 1.96 bits per heavy atom. The second kappa shape index (κ2) is 10.4. The lowest BCUT2D eigenvalue weighted by Gasteiger charge is -2.45. The van der Waals surface area contributed by atoms with Crippen molar-refractivity contribution in [1.82, 2.24) is 20.5 Å². The quantitative estimate of drug-likeness (QED) is 0.346. The molecule has 0 aliphatic carbocycles. The van der Waals surface area contributed by atoms with Crippen LogP contribution in [0, 0.1) is 0 Å². The number of likely N-dealkylation sites (tertiary alicyclic amines) is 1. The van der Waals surface area contributed by atoms with Gasteiger partial charge in [-0.05, 0) is 38.8 Å². The number of rotatable bonds is 5. The molecule has 160 valence electrons. The van der Waals surface area contributed by atoms with Crippen LogP contribution in [0.15, 0.2) is 10.4 Å². The maximum Gasteiger partial charge on any atom is 0.434 e. The van der Waals surface area contributed by atoms with E-state index in [9.17, 15) is 13.2 Å². The van der Waals surface area contributed by atoms with Crippen molar-refractivity contribution in [2.24, 2.45) is 4.99 Å². The molecule has 0 bridgehead atoms. The fraction of sp³-hybridized carbons (Fsp3) is 0.765. The van der Waals surface area contributed by atoms with Gasteiger partial charge in [-0.1, -0.05) is 0 Å². The van der Waals surface area contributed by atoms with E-state index in [2.05, 4.69) is 25.5 Å². The highest BCUT2D eigenvalue weighted by Gasteiger charge is 2.39. The lowest BCUT2D eigenvalue weighted by atomic mass is 9.88. The van der Waals surface area contributed by atoms with E-state index in [1.807, 2.05) is 0 Å². The predicted molar refractivity (Wildman–Crippen MR) is 114 cm³/mol. The summed E-state index contributed by atoms with van der Waals surface area (Å²) in [7, 11) is 1.66. The number of ether oxygens (including phenoxy) is 1. The van der Waals surface area contributed by atoms with Crippen molar-refractivity contribution < 1.29 is 17.9 Å². The molecular formula is C17H27F3IN5OS. The summed E-state index contributed by atoms with van der Waals surface area (Å²) in [6.45, 7) is 4.66. The van der Waals surface area contributed by atoms with E-state index in [1.54, 1.807) is 7.05 Å². The van der Waals surface area contributed by atoms with Crippen LogP contribution in [0.25, 0.3) is 0 Å². The molecule has 3 heterocycles. The first-order valence-electron chi connectivity index (χ1n) is 9.22. The first-order valence-corrected chi connectivity index (χ1v) is 10.1. The van der Waals surface area contributed by atoms with Crippen LogP contribution in [-0.4, -0.2) is 61.3 Å². The lowest BCUT2D eigenvalue weighted by molar-refractivity contribution is -0.140. The second-order valence-corrected chi connectivity index (χ2v) is 7.88. The second-order valence-electron chi connectivity index (χ2n) is 6.93. The molecule has 0 atom stereocenters. The Morgan fingerprint density at radius 3 is 2.54 bits per heavy atom. The highest BCUT2D eigenvalue weighted by atomic mass is 127. The molecule has 3 rings (SSSR count). The van der Waals surface area contributed by atoms with Gasteiger partial charge in [-0.15, -0.1) is 35.3 Å². The minimum atomic E-state index is -4.40. The van der Waals surface area contributed by atoms with Crippen LogP contribution in [0.3, 0.4) is 0 Å². The summed E-state index contributed by atoms with van der Waals surface area (Å²) in [4.78, 5) is 10.4. The van der Waals surface area contributed by atoms with Gasteiger partial charge >= 0.3 is 6.18 Å². The molecule has 28 heavy (non-hydrogen) atoms. The standard InChI is InChI=1S/C17H26F3N5OS.HI/c1-21-15(22-10-14-24-13(11-27-14)17(18,19)20)23-12-16(4-8-26-9-5-16)25-6-2-3-7-25;/h11H,2-10,12H2,1H3,(H2,21,22,23);1H. The number of nitrogens with zero attached hydrogens (tertiary/aromatic N) is 3. The topological polar surface area (TPSA) is 61.8 Å². The molecule has 2 saturated heterocycles. The molecule has 6 nitrogen and oxygen atoms in total. The van der Waals surface area contributed by atoms with E-state index >= 15 is 0 Å². The van der Waals surface area contributed by atoms with E-state index in [-0.39, 0.29) is 36.1 Å². The van der Waals surface area contributed by atoms with Crippen molar-refractivity contribution in [2.75, 3.05) is 39.9 Å². The normalized spacial score (nSPS) is 20.6. The van der Waals surface area contributed by atoms with Gasteiger partial charge < -0.3 is 15.4 Å². The number of hydrogen-bond donors (Lipinski definition) is 2. The van der Waals surface area contributed by atoms with Crippen LogP contribution >= 0.6 is 35.3 Å². The summed E-state index contributed by atoms with van der Waals surface area (Å²) in [6.07, 6.45) is -0.0149. The summed E-state index contributed by atoms with van der Waals surface area (Å²) in [5.74, 6) is 0.573. The number of aromatic nitrogens is 1. The summed E-state index contributed by atoms with van der Waals surface area (Å²) in [6, 6.07) is 0. The predicted octanol–water partition coefficient (Wildman–Crippen LogP) is 3.09. The first-order chi connectivity index (χ1) is 12.9. The van der Waals surface area contributed by atoms with Crippen molar-refractivity contribution in [1.29, 1.82) is 0 Å². The van der Waals surface area contributed by atoms with Crippen LogP contribution in [0.4, 0.5) is 13.2 Å².